The zero-order valence-corrected chi connectivity index (χ0v) is 19.2. The number of methoxy groups -OCH3 is 2. The van der Waals surface area contributed by atoms with E-state index in [0.717, 1.165) is 0 Å². The maximum Gasteiger partial charge on any atom is 0.257 e. The van der Waals surface area contributed by atoms with Crippen LogP contribution < -0.4 is 19.5 Å². The lowest BCUT2D eigenvalue weighted by molar-refractivity contribution is -0.120. The van der Waals surface area contributed by atoms with Gasteiger partial charge in [-0.25, -0.2) is 8.42 Å². The number of hydrogen-bond acceptors (Lipinski definition) is 6. The Morgan fingerprint density at radius 2 is 1.58 bits per heavy atom. The van der Waals surface area contributed by atoms with Crippen molar-refractivity contribution in [1.29, 1.82) is 0 Å². The van der Waals surface area contributed by atoms with Crippen LogP contribution >= 0.6 is 0 Å². The van der Waals surface area contributed by atoms with E-state index in [0.29, 0.717) is 17.2 Å². The van der Waals surface area contributed by atoms with Crippen molar-refractivity contribution in [1.82, 2.24) is 9.62 Å². The van der Waals surface area contributed by atoms with Gasteiger partial charge in [-0.15, -0.1) is 0 Å². The number of ether oxygens (including phenoxy) is 2. The van der Waals surface area contributed by atoms with E-state index < -0.39 is 21.5 Å². The lowest BCUT2D eigenvalue weighted by Crippen LogP contribution is -2.52. The van der Waals surface area contributed by atoms with Crippen LogP contribution in [-0.4, -0.2) is 59.0 Å². The molecule has 0 aliphatic carbocycles. The van der Waals surface area contributed by atoms with E-state index in [-0.39, 0.29) is 16.4 Å². The number of rotatable bonds is 8. The number of amides is 2. The molecule has 0 saturated heterocycles. The maximum absolute atomic E-state index is 12.8. The Morgan fingerprint density at radius 1 is 0.968 bits per heavy atom. The summed E-state index contributed by atoms with van der Waals surface area (Å²) in [7, 11) is 2.15. The van der Waals surface area contributed by atoms with Crippen molar-refractivity contribution in [2.24, 2.45) is 0 Å². The standard InChI is InChI=1S/C21H27N3O6S/c1-21(2,23-31(27,28)16-10-8-15(29-5)9-11-16)20(26)22-14-7-12-18(30-6)17(13-14)19(25)24(3)4/h7-13,23H,1-6H3,(H,22,26). The molecular weight excluding hydrogens is 422 g/mol. The SMILES string of the molecule is COc1ccc(S(=O)(=O)NC(C)(C)C(=O)Nc2ccc(OC)c(C(=O)N(C)C)c2)cc1. The van der Waals surface area contributed by atoms with E-state index in [4.69, 9.17) is 9.47 Å². The summed E-state index contributed by atoms with van der Waals surface area (Å²) in [6.07, 6.45) is 0. The van der Waals surface area contributed by atoms with Crippen LogP contribution in [0.5, 0.6) is 11.5 Å². The summed E-state index contributed by atoms with van der Waals surface area (Å²) in [5.41, 5.74) is -0.889. The average molecular weight is 450 g/mol. The first-order valence-corrected chi connectivity index (χ1v) is 10.8. The van der Waals surface area contributed by atoms with Crippen LogP contribution in [0.2, 0.25) is 0 Å². The average Bonchev–Trinajstić information content (AvgIpc) is 2.72. The van der Waals surface area contributed by atoms with Crippen LogP contribution in [0.25, 0.3) is 0 Å². The molecule has 0 atom stereocenters. The van der Waals surface area contributed by atoms with Gasteiger partial charge in [-0.3, -0.25) is 9.59 Å². The van der Waals surface area contributed by atoms with Crippen molar-refractivity contribution in [3.8, 4) is 11.5 Å². The van der Waals surface area contributed by atoms with Crippen LogP contribution in [0.3, 0.4) is 0 Å². The number of carbonyl (C=O) groups excluding carboxylic acids is 2. The first kappa shape index (κ1) is 24.2. The lowest BCUT2D eigenvalue weighted by Gasteiger charge is -2.25. The summed E-state index contributed by atoms with van der Waals surface area (Å²) in [6, 6.07) is 10.4. The Morgan fingerprint density at radius 3 is 2.10 bits per heavy atom. The first-order chi connectivity index (χ1) is 14.4. The predicted molar refractivity (Wildman–Crippen MR) is 117 cm³/mol. The maximum atomic E-state index is 12.8. The summed E-state index contributed by atoms with van der Waals surface area (Å²) >= 11 is 0. The second kappa shape index (κ2) is 9.36. The molecule has 2 N–H and O–H groups in total. The number of anilines is 1. The summed E-state index contributed by atoms with van der Waals surface area (Å²) < 4.78 is 38.1. The zero-order chi connectivity index (χ0) is 23.4. The van der Waals surface area contributed by atoms with E-state index >= 15 is 0 Å². The fourth-order valence-electron chi connectivity index (χ4n) is 2.68. The van der Waals surface area contributed by atoms with Crippen molar-refractivity contribution in [2.75, 3.05) is 33.6 Å². The Kier molecular flexibility index (Phi) is 7.29. The predicted octanol–water partition coefficient (Wildman–Crippen LogP) is 2.10. The van der Waals surface area contributed by atoms with Crippen molar-refractivity contribution in [3.05, 3.63) is 48.0 Å². The first-order valence-electron chi connectivity index (χ1n) is 9.30. The normalized spacial score (nSPS) is 11.5. The third-order valence-electron chi connectivity index (χ3n) is 4.42. The summed E-state index contributed by atoms with van der Waals surface area (Å²) in [4.78, 5) is 26.6. The summed E-state index contributed by atoms with van der Waals surface area (Å²) in [5, 5.41) is 2.65. The fourth-order valence-corrected chi connectivity index (χ4v) is 4.05. The van der Waals surface area contributed by atoms with Gasteiger partial charge in [0.05, 0.1) is 24.7 Å². The van der Waals surface area contributed by atoms with E-state index in [1.54, 1.807) is 26.2 Å². The second-order valence-corrected chi connectivity index (χ2v) is 9.16. The number of nitrogens with zero attached hydrogens (tertiary/aromatic N) is 1. The van der Waals surface area contributed by atoms with Gasteiger partial charge in [0.2, 0.25) is 15.9 Å². The molecule has 0 radical (unpaired) electrons. The van der Waals surface area contributed by atoms with Gasteiger partial charge in [-0.2, -0.15) is 4.72 Å². The number of hydrogen-bond donors (Lipinski definition) is 2. The molecule has 2 aromatic rings. The molecule has 9 nitrogen and oxygen atoms in total. The van der Waals surface area contributed by atoms with Crippen LogP contribution in [0.4, 0.5) is 5.69 Å². The molecule has 0 fully saturated rings. The number of benzene rings is 2. The molecule has 0 saturated carbocycles. The highest BCUT2D eigenvalue weighted by Crippen LogP contribution is 2.25. The van der Waals surface area contributed by atoms with E-state index in [9.17, 15) is 18.0 Å². The zero-order valence-electron chi connectivity index (χ0n) is 18.3. The van der Waals surface area contributed by atoms with Crippen molar-refractivity contribution in [2.45, 2.75) is 24.3 Å². The minimum atomic E-state index is -3.97. The second-order valence-electron chi connectivity index (χ2n) is 7.47. The van der Waals surface area contributed by atoms with Gasteiger partial charge in [0.15, 0.2) is 0 Å². The van der Waals surface area contributed by atoms with E-state index in [1.165, 1.54) is 63.3 Å². The lowest BCUT2D eigenvalue weighted by atomic mass is 10.1. The van der Waals surface area contributed by atoms with Gasteiger partial charge in [0.1, 0.15) is 17.0 Å². The van der Waals surface area contributed by atoms with Crippen molar-refractivity contribution >= 4 is 27.5 Å². The van der Waals surface area contributed by atoms with Gasteiger partial charge in [-0.1, -0.05) is 0 Å². The molecular formula is C21H27N3O6S. The molecule has 31 heavy (non-hydrogen) atoms. The molecule has 0 aromatic heterocycles. The molecule has 0 spiro atoms. The van der Waals surface area contributed by atoms with Crippen LogP contribution in [0.1, 0.15) is 24.2 Å². The Labute approximate surface area is 182 Å². The Hall–Kier alpha value is -3.11. The largest absolute Gasteiger partial charge is 0.497 e. The Balaban J connectivity index is 2.23. The van der Waals surface area contributed by atoms with Gasteiger partial charge in [-0.05, 0) is 56.3 Å². The highest BCUT2D eigenvalue weighted by Gasteiger charge is 2.33. The van der Waals surface area contributed by atoms with Crippen LogP contribution in [-0.2, 0) is 14.8 Å². The van der Waals surface area contributed by atoms with E-state index in [2.05, 4.69) is 10.0 Å². The minimum absolute atomic E-state index is 0.00233. The molecule has 2 rings (SSSR count). The summed E-state index contributed by atoms with van der Waals surface area (Å²) in [5.74, 6) is -0.0277. The van der Waals surface area contributed by atoms with E-state index in [1.807, 2.05) is 0 Å². The molecule has 0 aliphatic heterocycles. The van der Waals surface area contributed by atoms with Crippen LogP contribution in [0, 0.1) is 0 Å². The third-order valence-corrected chi connectivity index (χ3v) is 6.09. The highest BCUT2D eigenvalue weighted by atomic mass is 32.2. The Bertz CT molecular complexity index is 1060. The monoisotopic (exact) mass is 449 g/mol. The topological polar surface area (TPSA) is 114 Å². The quantitative estimate of drug-likeness (QED) is 0.638. The molecule has 2 aromatic carbocycles. The molecule has 0 unspecified atom stereocenters. The molecule has 0 aliphatic rings. The highest BCUT2D eigenvalue weighted by molar-refractivity contribution is 7.89. The minimum Gasteiger partial charge on any atom is -0.497 e. The number of carbonyl (C=O) groups is 2. The van der Waals surface area contributed by atoms with Crippen molar-refractivity contribution in [3.63, 3.8) is 0 Å². The molecule has 168 valence electrons. The fraction of sp³-hybridized carbons (Fsp3) is 0.333. The number of sulfonamides is 1. The van der Waals surface area contributed by atoms with Crippen molar-refractivity contribution < 1.29 is 27.5 Å². The van der Waals surface area contributed by atoms with Gasteiger partial charge < -0.3 is 19.7 Å². The van der Waals surface area contributed by atoms with Gasteiger partial charge >= 0.3 is 0 Å². The van der Waals surface area contributed by atoms with Crippen LogP contribution in [0.15, 0.2) is 47.4 Å². The molecule has 0 bridgehead atoms. The number of nitrogens with one attached hydrogen (secondary N) is 2. The summed E-state index contributed by atoms with van der Waals surface area (Å²) in [6.45, 7) is 2.89. The molecule has 0 heterocycles. The van der Waals surface area contributed by atoms with Gasteiger partial charge in [0.25, 0.3) is 5.91 Å². The van der Waals surface area contributed by atoms with Gasteiger partial charge in [0, 0.05) is 19.8 Å². The third kappa shape index (κ3) is 5.74. The smallest absolute Gasteiger partial charge is 0.257 e. The molecule has 10 heteroatoms. The molecule has 2 amide bonds.